The lowest BCUT2D eigenvalue weighted by Gasteiger charge is -2.24. The van der Waals surface area contributed by atoms with Crippen molar-refractivity contribution in [3.8, 4) is 0 Å². The van der Waals surface area contributed by atoms with E-state index in [4.69, 9.17) is 4.74 Å². The van der Waals surface area contributed by atoms with Crippen molar-refractivity contribution >= 4 is 5.97 Å². The summed E-state index contributed by atoms with van der Waals surface area (Å²) in [4.78, 5) is 11.8. The van der Waals surface area contributed by atoms with Gasteiger partial charge in [0.1, 0.15) is 6.10 Å². The topological polar surface area (TPSA) is 46.5 Å². The lowest BCUT2D eigenvalue weighted by Crippen LogP contribution is -2.28. The maximum atomic E-state index is 11.8. The molecule has 0 fully saturated rings. The van der Waals surface area contributed by atoms with Crippen molar-refractivity contribution in [3.63, 3.8) is 0 Å². The first kappa shape index (κ1) is 17.4. The Bertz CT molecular complexity index is 220. The van der Waals surface area contributed by atoms with E-state index >= 15 is 0 Å². The summed E-state index contributed by atoms with van der Waals surface area (Å²) < 4.78 is 5.41. The largest absolute Gasteiger partial charge is 0.462 e. The second-order valence-corrected chi connectivity index (χ2v) is 5.14. The Balaban J connectivity index is 4.17. The minimum Gasteiger partial charge on any atom is -0.462 e. The Morgan fingerprint density at radius 1 is 1.06 bits per heavy atom. The van der Waals surface area contributed by atoms with Gasteiger partial charge in [0.15, 0.2) is 0 Å². The van der Waals surface area contributed by atoms with Gasteiger partial charge in [-0.1, -0.05) is 40.5 Å². The Hall–Kier alpha value is -0.570. The van der Waals surface area contributed by atoms with Crippen LogP contribution in [0.4, 0.5) is 0 Å². The van der Waals surface area contributed by atoms with E-state index in [1.807, 2.05) is 20.8 Å². The number of carbonyl (C=O) groups is 1. The smallest absolute Gasteiger partial charge is 0.309 e. The summed E-state index contributed by atoms with van der Waals surface area (Å²) >= 11 is 0. The van der Waals surface area contributed by atoms with E-state index < -0.39 is 0 Å². The number of carbonyl (C=O) groups excluding carboxylic acids is 1. The molecule has 0 bridgehead atoms. The summed E-state index contributed by atoms with van der Waals surface area (Å²) in [7, 11) is 0. The third kappa shape index (κ3) is 5.85. The van der Waals surface area contributed by atoms with Gasteiger partial charge >= 0.3 is 5.97 Å². The van der Waals surface area contributed by atoms with Crippen LogP contribution < -0.4 is 0 Å². The predicted octanol–water partition coefficient (Wildman–Crippen LogP) is 3.54. The van der Waals surface area contributed by atoms with Crippen LogP contribution in [0, 0.1) is 11.8 Å². The zero-order valence-electron chi connectivity index (χ0n) is 12.6. The first-order valence-corrected chi connectivity index (χ1v) is 7.38. The standard InChI is InChI=1S/C15H30O3/c1-6-12(7-2)14(16)10-11(5)18-15(17)13(8-3)9-4/h11-14,16H,6-10H2,1-5H3/t11-,14+/m1/s1. The quantitative estimate of drug-likeness (QED) is 0.643. The van der Waals surface area contributed by atoms with E-state index in [2.05, 4.69) is 13.8 Å². The molecule has 0 aromatic heterocycles. The van der Waals surface area contributed by atoms with Crippen LogP contribution in [-0.4, -0.2) is 23.3 Å². The van der Waals surface area contributed by atoms with Crippen LogP contribution in [0.25, 0.3) is 0 Å². The molecule has 1 N–H and O–H groups in total. The van der Waals surface area contributed by atoms with Gasteiger partial charge in [0.2, 0.25) is 0 Å². The Kier molecular flexibility index (Phi) is 9.08. The third-order valence-corrected chi connectivity index (χ3v) is 3.80. The van der Waals surface area contributed by atoms with Crippen LogP contribution >= 0.6 is 0 Å². The highest BCUT2D eigenvalue weighted by Gasteiger charge is 2.22. The second kappa shape index (κ2) is 9.37. The maximum Gasteiger partial charge on any atom is 0.309 e. The fraction of sp³-hybridized carbons (Fsp3) is 0.933. The highest BCUT2D eigenvalue weighted by molar-refractivity contribution is 5.72. The Morgan fingerprint density at radius 2 is 1.56 bits per heavy atom. The second-order valence-electron chi connectivity index (χ2n) is 5.14. The summed E-state index contributed by atoms with van der Waals surface area (Å²) in [5.74, 6) is 0.182. The fourth-order valence-corrected chi connectivity index (χ4v) is 2.33. The molecule has 0 aliphatic heterocycles. The van der Waals surface area contributed by atoms with E-state index in [9.17, 15) is 9.90 Å². The van der Waals surface area contributed by atoms with Crippen molar-refractivity contribution < 1.29 is 14.6 Å². The highest BCUT2D eigenvalue weighted by Crippen LogP contribution is 2.19. The molecule has 0 saturated heterocycles. The van der Waals surface area contributed by atoms with Gasteiger partial charge in [0, 0.05) is 6.42 Å². The number of rotatable bonds is 9. The molecular formula is C15H30O3. The summed E-state index contributed by atoms with van der Waals surface area (Å²) in [6.07, 6.45) is 3.53. The molecule has 0 rings (SSSR count). The molecule has 0 unspecified atom stereocenters. The monoisotopic (exact) mass is 258 g/mol. The predicted molar refractivity (Wildman–Crippen MR) is 74.3 cm³/mol. The van der Waals surface area contributed by atoms with Crippen LogP contribution in [-0.2, 0) is 9.53 Å². The van der Waals surface area contributed by atoms with Crippen LogP contribution in [0.1, 0.15) is 66.7 Å². The Labute approximate surface area is 112 Å². The molecule has 3 nitrogen and oxygen atoms in total. The molecule has 0 amide bonds. The molecule has 0 saturated carbocycles. The number of hydrogen-bond acceptors (Lipinski definition) is 3. The molecule has 0 aliphatic carbocycles. The van der Waals surface area contributed by atoms with Crippen molar-refractivity contribution in [2.24, 2.45) is 11.8 Å². The lowest BCUT2D eigenvalue weighted by molar-refractivity contribution is -0.155. The van der Waals surface area contributed by atoms with Crippen molar-refractivity contribution in [2.75, 3.05) is 0 Å². The van der Waals surface area contributed by atoms with E-state index in [1.54, 1.807) is 0 Å². The highest BCUT2D eigenvalue weighted by atomic mass is 16.5. The molecule has 2 atom stereocenters. The maximum absolute atomic E-state index is 11.8. The average Bonchev–Trinajstić information content (AvgIpc) is 2.31. The summed E-state index contributed by atoms with van der Waals surface area (Å²) in [5, 5.41) is 10.1. The number of ether oxygens (including phenoxy) is 1. The minimum absolute atomic E-state index is 0.00209. The molecule has 3 heteroatoms. The number of aliphatic hydroxyl groups is 1. The van der Waals surface area contributed by atoms with Gasteiger partial charge in [-0.05, 0) is 25.7 Å². The summed E-state index contributed by atoms with van der Waals surface area (Å²) in [5.41, 5.74) is 0. The van der Waals surface area contributed by atoms with Crippen LogP contribution in [0.2, 0.25) is 0 Å². The molecule has 0 spiro atoms. The van der Waals surface area contributed by atoms with E-state index in [1.165, 1.54) is 0 Å². The van der Waals surface area contributed by atoms with Gasteiger partial charge in [-0.3, -0.25) is 4.79 Å². The number of aliphatic hydroxyl groups excluding tert-OH is 1. The van der Waals surface area contributed by atoms with Crippen molar-refractivity contribution in [1.29, 1.82) is 0 Å². The first-order chi connectivity index (χ1) is 8.49. The molecule has 0 radical (unpaired) electrons. The van der Waals surface area contributed by atoms with Crippen LogP contribution in [0.15, 0.2) is 0 Å². The third-order valence-electron chi connectivity index (χ3n) is 3.80. The number of esters is 1. The molecule has 0 aliphatic rings. The van der Waals surface area contributed by atoms with Crippen molar-refractivity contribution in [3.05, 3.63) is 0 Å². The molecule has 0 aromatic rings. The van der Waals surface area contributed by atoms with Gasteiger partial charge in [0.05, 0.1) is 12.0 Å². The summed E-state index contributed by atoms with van der Waals surface area (Å²) in [6.45, 7) is 10.0. The van der Waals surface area contributed by atoms with Crippen LogP contribution in [0.3, 0.4) is 0 Å². The zero-order chi connectivity index (χ0) is 14.1. The van der Waals surface area contributed by atoms with Crippen molar-refractivity contribution in [2.45, 2.75) is 78.9 Å². The van der Waals surface area contributed by atoms with Crippen molar-refractivity contribution in [1.82, 2.24) is 0 Å². The molecule has 108 valence electrons. The zero-order valence-corrected chi connectivity index (χ0v) is 12.6. The van der Waals surface area contributed by atoms with Gasteiger partial charge in [0.25, 0.3) is 0 Å². The molecular weight excluding hydrogens is 228 g/mol. The minimum atomic E-state index is -0.371. The van der Waals surface area contributed by atoms with Gasteiger partial charge in [-0.2, -0.15) is 0 Å². The molecule has 0 aromatic carbocycles. The molecule has 18 heavy (non-hydrogen) atoms. The van der Waals surface area contributed by atoms with E-state index in [0.29, 0.717) is 12.3 Å². The van der Waals surface area contributed by atoms with Gasteiger partial charge < -0.3 is 9.84 Å². The van der Waals surface area contributed by atoms with Crippen LogP contribution in [0.5, 0.6) is 0 Å². The van der Waals surface area contributed by atoms with Gasteiger partial charge in [-0.25, -0.2) is 0 Å². The molecule has 0 heterocycles. The number of hydrogen-bond donors (Lipinski definition) is 1. The first-order valence-electron chi connectivity index (χ1n) is 7.38. The fourth-order valence-electron chi connectivity index (χ4n) is 2.33. The lowest BCUT2D eigenvalue weighted by atomic mass is 9.93. The average molecular weight is 258 g/mol. The normalized spacial score (nSPS) is 14.9. The van der Waals surface area contributed by atoms with E-state index in [0.717, 1.165) is 25.7 Å². The summed E-state index contributed by atoms with van der Waals surface area (Å²) in [6, 6.07) is 0. The Morgan fingerprint density at radius 3 is 1.94 bits per heavy atom. The van der Waals surface area contributed by atoms with Gasteiger partial charge in [-0.15, -0.1) is 0 Å². The SMILES string of the molecule is CCC(CC)C(=O)O[C@H](C)C[C@H](O)C(CC)CC. The van der Waals surface area contributed by atoms with E-state index in [-0.39, 0.29) is 24.1 Å².